The van der Waals surface area contributed by atoms with Gasteiger partial charge in [0.25, 0.3) is 5.69 Å². The molecule has 0 saturated carbocycles. The SMILES string of the molecule is CC(=O)OC1O[C@H](C(C)OC(=O)c2ccc([N+](=O)[O-])cc2)[C@@H](OC(=O)c2ccccc2)[C@H]1OC(=O)c1ccccc1. The molecule has 3 aromatic carbocycles. The minimum Gasteiger partial charge on any atom is -0.456 e. The lowest BCUT2D eigenvalue weighted by molar-refractivity contribution is -0.384. The Balaban J connectivity index is 1.62. The highest BCUT2D eigenvalue weighted by molar-refractivity contribution is 5.91. The molecule has 0 amide bonds. The van der Waals surface area contributed by atoms with E-state index in [1.165, 1.54) is 43.3 Å². The van der Waals surface area contributed by atoms with Crippen LogP contribution in [0, 0.1) is 10.1 Å². The molecule has 0 aliphatic carbocycles. The number of hydrogen-bond donors (Lipinski definition) is 0. The smallest absolute Gasteiger partial charge is 0.338 e. The van der Waals surface area contributed by atoms with Crippen LogP contribution in [-0.2, 0) is 28.5 Å². The lowest BCUT2D eigenvalue weighted by atomic mass is 10.1. The van der Waals surface area contributed by atoms with E-state index in [0.29, 0.717) is 0 Å². The van der Waals surface area contributed by atoms with Crippen LogP contribution >= 0.6 is 0 Å². The lowest BCUT2D eigenvalue weighted by Gasteiger charge is -2.26. The predicted molar refractivity (Wildman–Crippen MR) is 140 cm³/mol. The van der Waals surface area contributed by atoms with Gasteiger partial charge in [-0.15, -0.1) is 0 Å². The Morgan fingerprint density at radius 1 is 0.732 bits per heavy atom. The summed E-state index contributed by atoms with van der Waals surface area (Å²) in [5.74, 6) is -3.20. The van der Waals surface area contributed by atoms with Gasteiger partial charge in [-0.3, -0.25) is 14.9 Å². The third kappa shape index (κ3) is 7.11. The van der Waals surface area contributed by atoms with Crippen molar-refractivity contribution < 1.29 is 47.8 Å². The van der Waals surface area contributed by atoms with Crippen molar-refractivity contribution in [2.75, 3.05) is 0 Å². The third-order valence-corrected chi connectivity index (χ3v) is 6.06. The summed E-state index contributed by atoms with van der Waals surface area (Å²) in [6, 6.07) is 20.7. The Hall–Kier alpha value is -5.10. The molecule has 0 bridgehead atoms. The summed E-state index contributed by atoms with van der Waals surface area (Å²) in [7, 11) is 0. The first kappa shape index (κ1) is 28.9. The van der Waals surface area contributed by atoms with Crippen LogP contribution in [0.1, 0.15) is 44.9 Å². The molecule has 1 aliphatic rings. The van der Waals surface area contributed by atoms with Crippen molar-refractivity contribution in [3.63, 3.8) is 0 Å². The van der Waals surface area contributed by atoms with Crippen LogP contribution in [0.3, 0.4) is 0 Å². The van der Waals surface area contributed by atoms with Gasteiger partial charge in [0, 0.05) is 19.1 Å². The van der Waals surface area contributed by atoms with Crippen LogP contribution in [0.25, 0.3) is 0 Å². The van der Waals surface area contributed by atoms with E-state index in [-0.39, 0.29) is 22.4 Å². The number of nitro benzene ring substituents is 1. The van der Waals surface area contributed by atoms with E-state index in [0.717, 1.165) is 19.1 Å². The zero-order chi connectivity index (χ0) is 29.5. The molecular weight excluding hydrogens is 538 g/mol. The molecule has 0 spiro atoms. The highest BCUT2D eigenvalue weighted by atomic mass is 16.8. The number of esters is 4. The molecule has 1 fully saturated rings. The number of carbonyl (C=O) groups is 4. The fraction of sp³-hybridized carbons (Fsp3) is 0.241. The second-order valence-corrected chi connectivity index (χ2v) is 8.96. The molecule has 12 nitrogen and oxygen atoms in total. The standard InChI is InChI=1S/C29H25NO11/c1-17(37-26(32)21-13-15-22(16-14-21)30(35)36)23-24(39-27(33)19-9-5-3-6-10-19)25(29(41-23)38-18(2)31)40-28(34)20-11-7-4-8-12-20/h3-17,23-25,29H,1-2H3/t17?,23-,24-,25-,29?/m1/s1. The maximum Gasteiger partial charge on any atom is 0.338 e. The molecule has 0 aromatic heterocycles. The number of benzene rings is 3. The van der Waals surface area contributed by atoms with Crippen molar-refractivity contribution in [3.8, 4) is 0 Å². The van der Waals surface area contributed by atoms with E-state index in [4.69, 9.17) is 23.7 Å². The number of carbonyl (C=O) groups excluding carboxylic acids is 4. The molecule has 0 N–H and O–H groups in total. The molecule has 12 heteroatoms. The molecule has 4 rings (SSSR count). The maximum absolute atomic E-state index is 13.0. The fourth-order valence-corrected chi connectivity index (χ4v) is 4.10. The van der Waals surface area contributed by atoms with Gasteiger partial charge >= 0.3 is 23.9 Å². The van der Waals surface area contributed by atoms with Gasteiger partial charge in [-0.25, -0.2) is 14.4 Å². The topological polar surface area (TPSA) is 158 Å². The number of hydrogen-bond acceptors (Lipinski definition) is 11. The summed E-state index contributed by atoms with van der Waals surface area (Å²) in [5, 5.41) is 10.9. The summed E-state index contributed by atoms with van der Waals surface area (Å²) in [5.41, 5.74) is 0.171. The monoisotopic (exact) mass is 563 g/mol. The van der Waals surface area contributed by atoms with Gasteiger partial charge in [-0.1, -0.05) is 36.4 Å². The van der Waals surface area contributed by atoms with Gasteiger partial charge in [-0.05, 0) is 43.3 Å². The highest BCUT2D eigenvalue weighted by Crippen LogP contribution is 2.32. The van der Waals surface area contributed by atoms with E-state index < -0.39 is 59.5 Å². The molecule has 1 aliphatic heterocycles. The second kappa shape index (κ2) is 12.8. The molecular formula is C29H25NO11. The number of nitro groups is 1. The predicted octanol–water partition coefficient (Wildman–Crippen LogP) is 3.88. The van der Waals surface area contributed by atoms with E-state index in [2.05, 4.69) is 0 Å². The van der Waals surface area contributed by atoms with Crippen LogP contribution in [0.5, 0.6) is 0 Å². The van der Waals surface area contributed by atoms with Crippen LogP contribution in [0.4, 0.5) is 5.69 Å². The minimum atomic E-state index is -1.50. The number of ether oxygens (including phenoxy) is 5. The average molecular weight is 564 g/mol. The van der Waals surface area contributed by atoms with Crippen molar-refractivity contribution in [3.05, 3.63) is 112 Å². The van der Waals surface area contributed by atoms with Gasteiger partial charge in [0.2, 0.25) is 12.4 Å². The summed E-state index contributed by atoms with van der Waals surface area (Å²) >= 11 is 0. The lowest BCUT2D eigenvalue weighted by Crippen LogP contribution is -2.45. The Labute approximate surface area is 233 Å². The van der Waals surface area contributed by atoms with Gasteiger partial charge in [0.05, 0.1) is 21.6 Å². The summed E-state index contributed by atoms with van der Waals surface area (Å²) < 4.78 is 28.0. The number of non-ortho nitro benzene ring substituents is 1. The molecule has 1 saturated heterocycles. The number of rotatable bonds is 9. The van der Waals surface area contributed by atoms with E-state index in [1.807, 2.05) is 0 Å². The third-order valence-electron chi connectivity index (χ3n) is 6.06. The van der Waals surface area contributed by atoms with Crippen LogP contribution < -0.4 is 0 Å². The van der Waals surface area contributed by atoms with Gasteiger partial charge in [0.1, 0.15) is 12.2 Å². The van der Waals surface area contributed by atoms with Crippen molar-refractivity contribution in [2.45, 2.75) is 44.6 Å². The van der Waals surface area contributed by atoms with Crippen molar-refractivity contribution in [1.29, 1.82) is 0 Å². The van der Waals surface area contributed by atoms with Crippen molar-refractivity contribution >= 4 is 29.6 Å². The van der Waals surface area contributed by atoms with Crippen molar-refractivity contribution in [1.82, 2.24) is 0 Å². The van der Waals surface area contributed by atoms with E-state index in [9.17, 15) is 29.3 Å². The second-order valence-electron chi connectivity index (χ2n) is 8.96. The van der Waals surface area contributed by atoms with Gasteiger partial charge in [-0.2, -0.15) is 0 Å². The molecule has 41 heavy (non-hydrogen) atoms. The highest BCUT2D eigenvalue weighted by Gasteiger charge is 2.54. The fourth-order valence-electron chi connectivity index (χ4n) is 4.10. The zero-order valence-corrected chi connectivity index (χ0v) is 21.9. The van der Waals surface area contributed by atoms with E-state index in [1.54, 1.807) is 36.4 Å². The largest absolute Gasteiger partial charge is 0.456 e. The minimum absolute atomic E-state index is 0.0156. The zero-order valence-electron chi connectivity index (χ0n) is 21.9. The molecule has 3 aromatic rings. The normalized spacial score (nSPS) is 20.3. The quantitative estimate of drug-likeness (QED) is 0.161. The maximum atomic E-state index is 13.0. The van der Waals surface area contributed by atoms with Crippen LogP contribution in [-0.4, -0.2) is 59.5 Å². The van der Waals surface area contributed by atoms with Crippen LogP contribution in [0.15, 0.2) is 84.9 Å². The Morgan fingerprint density at radius 2 is 1.22 bits per heavy atom. The summed E-state index contributed by atoms with van der Waals surface area (Å²) in [6.45, 7) is 2.57. The van der Waals surface area contributed by atoms with Gasteiger partial charge in [0.15, 0.2) is 6.10 Å². The first-order valence-corrected chi connectivity index (χ1v) is 12.4. The first-order valence-electron chi connectivity index (χ1n) is 12.4. The summed E-state index contributed by atoms with van der Waals surface area (Å²) in [4.78, 5) is 61.0. The average Bonchev–Trinajstić information content (AvgIpc) is 3.29. The van der Waals surface area contributed by atoms with E-state index >= 15 is 0 Å². The first-order chi connectivity index (χ1) is 19.6. The molecule has 212 valence electrons. The Bertz CT molecular complexity index is 1410. The summed E-state index contributed by atoms with van der Waals surface area (Å²) in [6.07, 6.45) is -6.68. The van der Waals surface area contributed by atoms with Gasteiger partial charge < -0.3 is 23.7 Å². The molecule has 5 atom stereocenters. The van der Waals surface area contributed by atoms with Crippen molar-refractivity contribution in [2.24, 2.45) is 0 Å². The number of nitrogens with zero attached hydrogens (tertiary/aromatic N) is 1. The molecule has 0 radical (unpaired) electrons. The van der Waals surface area contributed by atoms with Crippen LogP contribution in [0.2, 0.25) is 0 Å². The Kier molecular flexibility index (Phi) is 9.05. The molecule has 2 unspecified atom stereocenters. The molecule has 1 heterocycles. The Morgan fingerprint density at radius 3 is 1.71 bits per heavy atom.